The Bertz CT molecular complexity index is 738. The molecule has 0 bridgehead atoms. The van der Waals surface area contributed by atoms with E-state index in [0.717, 1.165) is 23.0 Å². The second kappa shape index (κ2) is 10.3. The van der Waals surface area contributed by atoms with Crippen molar-refractivity contribution in [1.29, 1.82) is 0 Å². The van der Waals surface area contributed by atoms with Crippen LogP contribution in [0.1, 0.15) is 87.3 Å². The predicted octanol–water partition coefficient (Wildman–Crippen LogP) is 7.47. The lowest BCUT2D eigenvalue weighted by Crippen LogP contribution is -2.13. The summed E-state index contributed by atoms with van der Waals surface area (Å²) in [4.78, 5) is 0. The number of hydrogen-bond acceptors (Lipinski definition) is 0. The minimum Gasteiger partial charge on any atom is -0.207 e. The van der Waals surface area contributed by atoms with E-state index in [2.05, 4.69) is 43.0 Å². The Morgan fingerprint density at radius 2 is 1.37 bits per heavy atom. The molecule has 0 spiro atoms. The third-order valence-corrected chi connectivity index (χ3v) is 5.89. The summed E-state index contributed by atoms with van der Waals surface area (Å²) in [6, 6.07) is 15.1. The van der Waals surface area contributed by atoms with Gasteiger partial charge in [0.2, 0.25) is 0 Å². The monoisotopic (exact) mass is 362 g/mol. The van der Waals surface area contributed by atoms with Crippen molar-refractivity contribution < 1.29 is 4.39 Å². The number of benzene rings is 2. The van der Waals surface area contributed by atoms with Crippen LogP contribution in [-0.4, -0.2) is 0 Å². The first-order chi connectivity index (χ1) is 13.2. The van der Waals surface area contributed by atoms with E-state index in [0.29, 0.717) is 0 Å². The summed E-state index contributed by atoms with van der Waals surface area (Å²) in [5.41, 5.74) is 3.33. The maximum Gasteiger partial charge on any atom is 0.123 e. The van der Waals surface area contributed by atoms with E-state index in [4.69, 9.17) is 0 Å². The molecule has 0 nitrogen and oxygen atoms in total. The summed E-state index contributed by atoms with van der Waals surface area (Å²) in [6.45, 7) is 2.28. The van der Waals surface area contributed by atoms with E-state index >= 15 is 0 Å². The second-order valence-electron chi connectivity index (χ2n) is 7.95. The third kappa shape index (κ3) is 6.24. The molecule has 1 heteroatoms. The molecular weight excluding hydrogens is 331 g/mol. The minimum atomic E-state index is -0.222. The molecule has 0 N–H and O–H groups in total. The lowest BCUT2D eigenvalue weighted by Gasteiger charge is -2.29. The van der Waals surface area contributed by atoms with Gasteiger partial charge in [-0.15, -0.1) is 0 Å². The summed E-state index contributed by atoms with van der Waals surface area (Å²) < 4.78 is 12.9. The largest absolute Gasteiger partial charge is 0.207 e. The van der Waals surface area contributed by atoms with Gasteiger partial charge in [0.05, 0.1) is 0 Å². The van der Waals surface area contributed by atoms with Gasteiger partial charge in [-0.2, -0.15) is 0 Å². The van der Waals surface area contributed by atoms with Crippen LogP contribution < -0.4 is 0 Å². The van der Waals surface area contributed by atoms with Gasteiger partial charge < -0.3 is 0 Å². The molecule has 0 heterocycles. The molecule has 0 unspecified atom stereocenters. The Labute approximate surface area is 164 Å². The smallest absolute Gasteiger partial charge is 0.123 e. The molecule has 27 heavy (non-hydrogen) atoms. The van der Waals surface area contributed by atoms with E-state index in [-0.39, 0.29) is 5.82 Å². The molecule has 2 aromatic carbocycles. The van der Waals surface area contributed by atoms with Crippen molar-refractivity contribution >= 4 is 0 Å². The van der Waals surface area contributed by atoms with Crippen LogP contribution in [0.3, 0.4) is 0 Å². The molecule has 1 aliphatic rings. The van der Waals surface area contributed by atoms with Crippen molar-refractivity contribution in [2.45, 2.75) is 70.6 Å². The Kier molecular flexibility index (Phi) is 7.52. The van der Waals surface area contributed by atoms with Crippen LogP contribution in [0.15, 0.2) is 48.5 Å². The first-order valence-electron chi connectivity index (χ1n) is 10.6. The average Bonchev–Trinajstić information content (AvgIpc) is 2.72. The second-order valence-corrected chi connectivity index (χ2v) is 7.95. The predicted molar refractivity (Wildman–Crippen MR) is 112 cm³/mol. The molecular formula is C26H31F. The first kappa shape index (κ1) is 19.7. The van der Waals surface area contributed by atoms with E-state index in [1.807, 2.05) is 0 Å². The maximum absolute atomic E-state index is 12.9. The van der Waals surface area contributed by atoms with Gasteiger partial charge in [0.1, 0.15) is 5.82 Å². The standard InChI is InChI=1S/C26H31F/c1-2-3-4-5-6-21-9-15-24(16-10-21)25-17-11-22(12-18-25)7-8-23-13-19-26(27)20-14-23/h11-14,17-21,24H,2-6,9-10,15-16H2,1H3. The fourth-order valence-electron chi connectivity index (χ4n) is 4.16. The Hall–Kier alpha value is -2.07. The van der Waals surface area contributed by atoms with Crippen LogP contribution >= 0.6 is 0 Å². The summed E-state index contributed by atoms with van der Waals surface area (Å²) in [5.74, 6) is 7.74. The van der Waals surface area contributed by atoms with E-state index in [9.17, 15) is 4.39 Å². The van der Waals surface area contributed by atoms with Gasteiger partial charge in [-0.25, -0.2) is 4.39 Å². The zero-order valence-corrected chi connectivity index (χ0v) is 16.5. The van der Waals surface area contributed by atoms with Gasteiger partial charge in [-0.05, 0) is 79.5 Å². The molecule has 0 atom stereocenters. The van der Waals surface area contributed by atoms with Crippen molar-refractivity contribution in [2.75, 3.05) is 0 Å². The molecule has 2 aromatic rings. The SMILES string of the molecule is CCCCCCC1CCC(c2ccc(C#Cc3ccc(F)cc3)cc2)CC1. The van der Waals surface area contributed by atoms with Gasteiger partial charge in [0, 0.05) is 11.1 Å². The lowest BCUT2D eigenvalue weighted by molar-refractivity contribution is 0.302. The summed E-state index contributed by atoms with van der Waals surface area (Å²) in [5, 5.41) is 0. The van der Waals surface area contributed by atoms with Crippen molar-refractivity contribution in [3.8, 4) is 11.8 Å². The number of hydrogen-bond donors (Lipinski definition) is 0. The number of rotatable bonds is 6. The topological polar surface area (TPSA) is 0 Å². The van der Waals surface area contributed by atoms with Crippen LogP contribution in [0.5, 0.6) is 0 Å². The normalized spacial score (nSPS) is 19.3. The van der Waals surface area contributed by atoms with E-state index < -0.39 is 0 Å². The summed E-state index contributed by atoms with van der Waals surface area (Å²) in [6.07, 6.45) is 12.4. The minimum absolute atomic E-state index is 0.222. The molecule has 3 rings (SSSR count). The summed E-state index contributed by atoms with van der Waals surface area (Å²) >= 11 is 0. The molecule has 0 radical (unpaired) electrons. The number of halogens is 1. The molecule has 1 fully saturated rings. The first-order valence-corrected chi connectivity index (χ1v) is 10.6. The average molecular weight is 363 g/mol. The zero-order valence-electron chi connectivity index (χ0n) is 16.5. The van der Waals surface area contributed by atoms with Gasteiger partial charge in [0.25, 0.3) is 0 Å². The molecule has 0 saturated heterocycles. The lowest BCUT2D eigenvalue weighted by atomic mass is 9.77. The third-order valence-electron chi connectivity index (χ3n) is 5.89. The zero-order chi connectivity index (χ0) is 18.9. The van der Waals surface area contributed by atoms with Gasteiger partial charge >= 0.3 is 0 Å². The highest BCUT2D eigenvalue weighted by molar-refractivity contribution is 5.43. The van der Waals surface area contributed by atoms with Crippen molar-refractivity contribution in [1.82, 2.24) is 0 Å². The Morgan fingerprint density at radius 1 is 0.778 bits per heavy atom. The van der Waals surface area contributed by atoms with Crippen LogP contribution in [0.25, 0.3) is 0 Å². The van der Waals surface area contributed by atoms with Gasteiger partial charge in [-0.3, -0.25) is 0 Å². The Balaban J connectivity index is 1.49. The highest BCUT2D eigenvalue weighted by Crippen LogP contribution is 2.37. The number of unbranched alkanes of at least 4 members (excludes halogenated alkanes) is 3. The highest BCUT2D eigenvalue weighted by Gasteiger charge is 2.21. The van der Waals surface area contributed by atoms with Crippen molar-refractivity contribution in [2.24, 2.45) is 5.92 Å². The van der Waals surface area contributed by atoms with Crippen LogP contribution in [0.2, 0.25) is 0 Å². The molecule has 1 saturated carbocycles. The quantitative estimate of drug-likeness (QED) is 0.369. The molecule has 0 amide bonds. The highest BCUT2D eigenvalue weighted by atomic mass is 19.1. The fraction of sp³-hybridized carbons (Fsp3) is 0.462. The van der Waals surface area contributed by atoms with Crippen molar-refractivity contribution in [3.05, 3.63) is 71.0 Å². The van der Waals surface area contributed by atoms with Crippen LogP contribution in [0.4, 0.5) is 4.39 Å². The van der Waals surface area contributed by atoms with Crippen LogP contribution in [-0.2, 0) is 0 Å². The molecule has 0 aliphatic heterocycles. The van der Waals surface area contributed by atoms with Gasteiger partial charge in [-0.1, -0.05) is 63.0 Å². The summed E-state index contributed by atoms with van der Waals surface area (Å²) in [7, 11) is 0. The fourth-order valence-corrected chi connectivity index (χ4v) is 4.16. The van der Waals surface area contributed by atoms with Crippen LogP contribution in [0, 0.1) is 23.6 Å². The Morgan fingerprint density at radius 3 is 1.96 bits per heavy atom. The van der Waals surface area contributed by atoms with E-state index in [1.165, 1.54) is 75.5 Å². The maximum atomic E-state index is 12.9. The molecule has 142 valence electrons. The molecule has 1 aliphatic carbocycles. The van der Waals surface area contributed by atoms with Gasteiger partial charge in [0.15, 0.2) is 0 Å². The van der Waals surface area contributed by atoms with Crippen molar-refractivity contribution in [3.63, 3.8) is 0 Å². The van der Waals surface area contributed by atoms with E-state index in [1.54, 1.807) is 12.1 Å². The molecule has 0 aromatic heterocycles.